The fourth-order valence-electron chi connectivity index (χ4n) is 2.21. The van der Waals surface area contributed by atoms with Gasteiger partial charge in [0, 0.05) is 34.8 Å². The molecule has 3 aromatic heterocycles. The Balaban J connectivity index is 1.45. The number of nitrogens with one attached hydrogen (secondary N) is 1. The molecular weight excluding hydrogens is 397 g/mol. The fourth-order valence-corrected chi connectivity index (χ4v) is 3.98. The van der Waals surface area contributed by atoms with Crippen LogP contribution in [0.15, 0.2) is 52.4 Å². The molecule has 0 amide bonds. The van der Waals surface area contributed by atoms with Crippen molar-refractivity contribution in [2.45, 2.75) is 10.9 Å². The summed E-state index contributed by atoms with van der Waals surface area (Å²) in [6, 6.07) is 8.88. The third-order valence-corrected chi connectivity index (χ3v) is 5.75. The van der Waals surface area contributed by atoms with Crippen LogP contribution in [-0.2, 0) is 5.75 Å². The van der Waals surface area contributed by atoms with E-state index in [2.05, 4.69) is 20.3 Å². The number of hydrogen-bond donors (Lipinski definition) is 1. The number of rotatable bonds is 5. The van der Waals surface area contributed by atoms with Gasteiger partial charge in [0.25, 0.3) is 0 Å². The zero-order valence-electron chi connectivity index (χ0n) is 12.7. The van der Waals surface area contributed by atoms with Gasteiger partial charge in [-0.25, -0.2) is 4.98 Å². The third kappa shape index (κ3) is 3.93. The molecule has 4 aromatic rings. The summed E-state index contributed by atoms with van der Waals surface area (Å²) in [6.07, 6.45) is 1.73. The molecule has 126 valence electrons. The lowest BCUT2D eigenvalue weighted by atomic mass is 10.3. The zero-order valence-corrected chi connectivity index (χ0v) is 15.8. The Bertz CT molecular complexity index is 1000. The Hall–Kier alpha value is -1.73. The van der Waals surface area contributed by atoms with E-state index in [4.69, 9.17) is 27.9 Å². The van der Waals surface area contributed by atoms with Crippen LogP contribution < -0.4 is 4.74 Å². The molecule has 4 nitrogen and oxygen atoms in total. The maximum Gasteiger partial charge on any atom is 0.166 e. The molecule has 0 bridgehead atoms. The first-order chi connectivity index (χ1) is 12.2. The van der Waals surface area contributed by atoms with E-state index in [1.54, 1.807) is 53.6 Å². The number of imidazole rings is 1. The van der Waals surface area contributed by atoms with Gasteiger partial charge in [-0.1, -0.05) is 35.0 Å². The number of fused-ring (bicyclic) bond motifs is 1. The number of thiophene rings is 1. The predicted molar refractivity (Wildman–Crippen MR) is 104 cm³/mol. The van der Waals surface area contributed by atoms with Crippen molar-refractivity contribution in [3.8, 4) is 11.5 Å². The molecule has 0 saturated carbocycles. The maximum atomic E-state index is 6.02. The first-order valence-electron chi connectivity index (χ1n) is 7.30. The van der Waals surface area contributed by atoms with E-state index in [-0.39, 0.29) is 0 Å². The molecule has 0 radical (unpaired) electrons. The van der Waals surface area contributed by atoms with Gasteiger partial charge in [-0.15, -0.1) is 11.3 Å². The summed E-state index contributed by atoms with van der Waals surface area (Å²) >= 11 is 15.2. The molecule has 0 saturated heterocycles. The molecule has 0 aliphatic carbocycles. The summed E-state index contributed by atoms with van der Waals surface area (Å²) in [5.74, 6) is 2.02. The van der Waals surface area contributed by atoms with Crippen molar-refractivity contribution in [1.29, 1.82) is 0 Å². The van der Waals surface area contributed by atoms with Gasteiger partial charge < -0.3 is 9.72 Å². The molecule has 25 heavy (non-hydrogen) atoms. The minimum absolute atomic E-state index is 0.460. The molecule has 1 aromatic carbocycles. The highest BCUT2D eigenvalue weighted by Crippen LogP contribution is 2.30. The lowest BCUT2D eigenvalue weighted by molar-refractivity contribution is 0.481. The van der Waals surface area contributed by atoms with E-state index in [0.29, 0.717) is 27.3 Å². The zero-order chi connectivity index (χ0) is 17.2. The van der Waals surface area contributed by atoms with Gasteiger partial charge in [-0.05, 0) is 18.2 Å². The lowest BCUT2D eigenvalue weighted by Crippen LogP contribution is -1.90. The molecule has 1 N–H and O–H groups in total. The Morgan fingerprint density at radius 3 is 2.80 bits per heavy atom. The third-order valence-electron chi connectivity index (χ3n) is 3.38. The summed E-state index contributed by atoms with van der Waals surface area (Å²) < 4.78 is 5.83. The second kappa shape index (κ2) is 7.25. The van der Waals surface area contributed by atoms with Crippen LogP contribution in [0, 0.1) is 0 Å². The first-order valence-corrected chi connectivity index (χ1v) is 9.98. The summed E-state index contributed by atoms with van der Waals surface area (Å²) in [5.41, 5.74) is 2.97. The van der Waals surface area contributed by atoms with Crippen LogP contribution in [0.4, 0.5) is 0 Å². The van der Waals surface area contributed by atoms with Crippen LogP contribution in [0.3, 0.4) is 0 Å². The van der Waals surface area contributed by atoms with Gasteiger partial charge in [-0.3, -0.25) is 4.98 Å². The van der Waals surface area contributed by atoms with Crippen molar-refractivity contribution in [2.24, 2.45) is 0 Å². The SMILES string of the molecule is Clc1ccc(Oc2ccnc(CSc3nc4cscc4[nH]3)c2)cc1Cl. The number of ether oxygens (including phenoxy) is 1. The molecular formula is C17H11Cl2N3OS2. The standard InChI is InChI=1S/C17H11Cl2N3OS2/c18-13-2-1-11(6-14(13)19)23-12-3-4-20-10(5-12)7-25-17-21-15-8-24-9-16(15)22-17/h1-6,8-9H,7H2,(H,21,22). The highest BCUT2D eigenvalue weighted by Gasteiger charge is 2.07. The largest absolute Gasteiger partial charge is 0.457 e. The van der Waals surface area contributed by atoms with Crippen LogP contribution in [0.25, 0.3) is 11.0 Å². The normalized spacial score (nSPS) is 11.1. The minimum atomic E-state index is 0.460. The molecule has 0 unspecified atom stereocenters. The van der Waals surface area contributed by atoms with Crippen LogP contribution in [0.2, 0.25) is 10.0 Å². The molecule has 0 atom stereocenters. The number of halogens is 2. The van der Waals surface area contributed by atoms with Crippen molar-refractivity contribution in [2.75, 3.05) is 0 Å². The lowest BCUT2D eigenvalue weighted by Gasteiger charge is -2.08. The molecule has 4 rings (SSSR count). The Labute approximate surface area is 162 Å². The highest BCUT2D eigenvalue weighted by molar-refractivity contribution is 7.98. The summed E-state index contributed by atoms with van der Waals surface area (Å²) in [7, 11) is 0. The Kier molecular flexibility index (Phi) is 4.85. The van der Waals surface area contributed by atoms with Crippen LogP contribution in [-0.4, -0.2) is 15.0 Å². The number of nitrogens with zero attached hydrogens (tertiary/aromatic N) is 2. The molecule has 0 aliphatic heterocycles. The number of thioether (sulfide) groups is 1. The van der Waals surface area contributed by atoms with Gasteiger partial charge in [0.05, 0.1) is 21.3 Å². The predicted octanol–water partition coefficient (Wildman–Crippen LogP) is 6.41. The average molecular weight is 408 g/mol. The monoisotopic (exact) mass is 407 g/mol. The van der Waals surface area contributed by atoms with Crippen molar-refractivity contribution < 1.29 is 4.74 Å². The van der Waals surface area contributed by atoms with Crippen molar-refractivity contribution in [3.05, 3.63) is 63.0 Å². The van der Waals surface area contributed by atoms with Crippen molar-refractivity contribution >= 4 is 57.3 Å². The summed E-state index contributed by atoms with van der Waals surface area (Å²) in [5, 5.41) is 5.92. The summed E-state index contributed by atoms with van der Waals surface area (Å²) in [4.78, 5) is 12.2. The maximum absolute atomic E-state index is 6.02. The number of benzene rings is 1. The second-order valence-corrected chi connectivity index (χ2v) is 7.68. The smallest absolute Gasteiger partial charge is 0.166 e. The highest BCUT2D eigenvalue weighted by atomic mass is 35.5. The summed E-state index contributed by atoms with van der Waals surface area (Å²) in [6.45, 7) is 0. The fraction of sp³-hybridized carbons (Fsp3) is 0.0588. The first kappa shape index (κ1) is 16.7. The topological polar surface area (TPSA) is 50.8 Å². The Morgan fingerprint density at radius 2 is 1.96 bits per heavy atom. The van der Waals surface area contributed by atoms with Crippen LogP contribution in [0.5, 0.6) is 11.5 Å². The average Bonchev–Trinajstić information content (AvgIpc) is 3.18. The minimum Gasteiger partial charge on any atom is -0.457 e. The number of aromatic nitrogens is 3. The second-order valence-electron chi connectivity index (χ2n) is 5.16. The Morgan fingerprint density at radius 1 is 1.08 bits per heavy atom. The van der Waals surface area contributed by atoms with E-state index in [1.165, 1.54) is 0 Å². The molecule has 0 aliphatic rings. The van der Waals surface area contributed by atoms with Crippen molar-refractivity contribution in [1.82, 2.24) is 15.0 Å². The van der Waals surface area contributed by atoms with Crippen LogP contribution >= 0.6 is 46.3 Å². The van der Waals surface area contributed by atoms with Crippen molar-refractivity contribution in [3.63, 3.8) is 0 Å². The quantitative estimate of drug-likeness (QED) is 0.388. The molecule has 8 heteroatoms. The van der Waals surface area contributed by atoms with Gasteiger partial charge in [0.15, 0.2) is 5.16 Å². The number of H-pyrrole nitrogens is 1. The van der Waals surface area contributed by atoms with E-state index in [0.717, 1.165) is 21.9 Å². The van der Waals surface area contributed by atoms with E-state index in [1.807, 2.05) is 11.4 Å². The van der Waals surface area contributed by atoms with Gasteiger partial charge in [0.1, 0.15) is 17.0 Å². The number of hydrogen-bond acceptors (Lipinski definition) is 5. The molecule has 3 heterocycles. The number of aromatic amines is 1. The van der Waals surface area contributed by atoms with E-state index < -0.39 is 0 Å². The van der Waals surface area contributed by atoms with Gasteiger partial charge in [0.2, 0.25) is 0 Å². The van der Waals surface area contributed by atoms with E-state index in [9.17, 15) is 0 Å². The molecule has 0 fully saturated rings. The van der Waals surface area contributed by atoms with Gasteiger partial charge >= 0.3 is 0 Å². The van der Waals surface area contributed by atoms with Crippen LogP contribution in [0.1, 0.15) is 5.69 Å². The number of pyridine rings is 1. The van der Waals surface area contributed by atoms with Gasteiger partial charge in [-0.2, -0.15) is 0 Å². The van der Waals surface area contributed by atoms with E-state index >= 15 is 0 Å². The molecule has 0 spiro atoms.